The molecule has 0 fully saturated rings. The SMILES string of the molecule is CCCCOCCOCCN=C(NCC)NC(C)c1cccs1.I. The largest absolute Gasteiger partial charge is 0.379 e. The van der Waals surface area contributed by atoms with Crippen LogP contribution in [0, 0.1) is 0 Å². The van der Waals surface area contributed by atoms with E-state index in [1.165, 1.54) is 11.3 Å². The molecule has 5 nitrogen and oxygen atoms in total. The molecule has 0 aromatic carbocycles. The molecule has 0 saturated carbocycles. The third-order valence-electron chi connectivity index (χ3n) is 3.19. The minimum Gasteiger partial charge on any atom is -0.379 e. The number of nitrogens with one attached hydrogen (secondary N) is 2. The maximum absolute atomic E-state index is 5.53. The summed E-state index contributed by atoms with van der Waals surface area (Å²) in [5.74, 6) is 0.830. The maximum atomic E-state index is 5.53. The van der Waals surface area contributed by atoms with Crippen LogP contribution in [-0.2, 0) is 9.47 Å². The molecule has 0 spiro atoms. The molecule has 2 N–H and O–H groups in total. The topological polar surface area (TPSA) is 54.9 Å². The summed E-state index contributed by atoms with van der Waals surface area (Å²) in [5.41, 5.74) is 0. The van der Waals surface area contributed by atoms with E-state index in [1.54, 1.807) is 11.3 Å². The zero-order valence-corrected chi connectivity index (χ0v) is 18.2. The van der Waals surface area contributed by atoms with Crippen molar-refractivity contribution in [3.63, 3.8) is 0 Å². The zero-order chi connectivity index (χ0) is 16.8. The highest BCUT2D eigenvalue weighted by Gasteiger charge is 2.07. The second-order valence-corrected chi connectivity index (χ2v) is 6.20. The Morgan fingerprint density at radius 1 is 1.21 bits per heavy atom. The molecular formula is C17H32IN3O2S. The van der Waals surface area contributed by atoms with Crippen LogP contribution < -0.4 is 10.6 Å². The molecule has 1 aromatic rings. The monoisotopic (exact) mass is 469 g/mol. The predicted octanol–water partition coefficient (Wildman–Crippen LogP) is 3.82. The highest BCUT2D eigenvalue weighted by Crippen LogP contribution is 2.17. The van der Waals surface area contributed by atoms with E-state index in [1.807, 2.05) is 0 Å². The lowest BCUT2D eigenvalue weighted by Crippen LogP contribution is -2.38. The third-order valence-corrected chi connectivity index (χ3v) is 4.24. The van der Waals surface area contributed by atoms with E-state index in [4.69, 9.17) is 9.47 Å². The number of rotatable bonds is 12. The smallest absolute Gasteiger partial charge is 0.191 e. The lowest BCUT2D eigenvalue weighted by Gasteiger charge is -2.16. The van der Waals surface area contributed by atoms with Gasteiger partial charge < -0.3 is 20.1 Å². The lowest BCUT2D eigenvalue weighted by atomic mass is 10.3. The molecule has 1 heterocycles. The minimum atomic E-state index is 0. The Morgan fingerprint density at radius 2 is 1.96 bits per heavy atom. The fourth-order valence-corrected chi connectivity index (χ4v) is 2.66. The van der Waals surface area contributed by atoms with Crippen molar-refractivity contribution in [3.8, 4) is 0 Å². The third kappa shape index (κ3) is 11.2. The van der Waals surface area contributed by atoms with Crippen molar-refractivity contribution in [1.82, 2.24) is 10.6 Å². The summed E-state index contributed by atoms with van der Waals surface area (Å²) in [5, 5.41) is 8.77. The Hall–Kier alpha value is -0.380. The van der Waals surface area contributed by atoms with E-state index in [0.717, 1.165) is 25.5 Å². The summed E-state index contributed by atoms with van der Waals surface area (Å²) in [7, 11) is 0. The van der Waals surface area contributed by atoms with Gasteiger partial charge in [0.15, 0.2) is 5.96 Å². The number of guanidine groups is 1. The highest BCUT2D eigenvalue weighted by molar-refractivity contribution is 14.0. The van der Waals surface area contributed by atoms with Crippen LogP contribution in [0.1, 0.15) is 44.5 Å². The van der Waals surface area contributed by atoms with Crippen molar-refractivity contribution in [2.45, 2.75) is 39.7 Å². The van der Waals surface area contributed by atoms with Crippen LogP contribution in [0.3, 0.4) is 0 Å². The molecule has 0 bridgehead atoms. The molecule has 0 aliphatic rings. The van der Waals surface area contributed by atoms with Crippen LogP contribution in [0.15, 0.2) is 22.5 Å². The summed E-state index contributed by atoms with van der Waals surface area (Å²) < 4.78 is 11.0. The Kier molecular flexibility index (Phi) is 15.9. The molecule has 0 aliphatic heterocycles. The molecular weight excluding hydrogens is 437 g/mol. The first-order valence-corrected chi connectivity index (χ1v) is 9.39. The fraction of sp³-hybridized carbons (Fsp3) is 0.706. The summed E-state index contributed by atoms with van der Waals surface area (Å²) in [6, 6.07) is 4.45. The van der Waals surface area contributed by atoms with Crippen molar-refractivity contribution >= 4 is 41.3 Å². The number of halogens is 1. The summed E-state index contributed by atoms with van der Waals surface area (Å²) >= 11 is 1.75. The van der Waals surface area contributed by atoms with Gasteiger partial charge in [-0.3, -0.25) is 4.99 Å². The molecule has 140 valence electrons. The predicted molar refractivity (Wildman–Crippen MR) is 114 cm³/mol. The van der Waals surface area contributed by atoms with Gasteiger partial charge >= 0.3 is 0 Å². The summed E-state index contributed by atoms with van der Waals surface area (Å²) in [6.45, 7) is 10.6. The number of nitrogens with zero attached hydrogens (tertiary/aromatic N) is 1. The van der Waals surface area contributed by atoms with Gasteiger partial charge in [-0.25, -0.2) is 0 Å². The maximum Gasteiger partial charge on any atom is 0.191 e. The van der Waals surface area contributed by atoms with Crippen molar-refractivity contribution < 1.29 is 9.47 Å². The molecule has 0 saturated heterocycles. The van der Waals surface area contributed by atoms with E-state index in [2.05, 4.69) is 53.9 Å². The number of aliphatic imine (C=N–C) groups is 1. The molecule has 24 heavy (non-hydrogen) atoms. The van der Waals surface area contributed by atoms with Crippen LogP contribution in [0.4, 0.5) is 0 Å². The van der Waals surface area contributed by atoms with Crippen LogP contribution in [0.25, 0.3) is 0 Å². The first kappa shape index (κ1) is 23.6. The Balaban J connectivity index is 0.00000529. The quantitative estimate of drug-likeness (QED) is 0.212. The standard InChI is InChI=1S/C17H31N3O2S.HI/c1-4-6-10-21-12-13-22-11-9-19-17(18-5-2)20-15(3)16-8-7-14-23-16;/h7-8,14-15H,4-6,9-13H2,1-3H3,(H2,18,19,20);1H. The number of unbranched alkanes of at least 4 members (excludes halogenated alkanes) is 1. The number of thiophene rings is 1. The highest BCUT2D eigenvalue weighted by atomic mass is 127. The fourth-order valence-electron chi connectivity index (χ4n) is 1.92. The second-order valence-electron chi connectivity index (χ2n) is 5.22. The van der Waals surface area contributed by atoms with E-state index >= 15 is 0 Å². The number of hydrogen-bond donors (Lipinski definition) is 2. The summed E-state index contributed by atoms with van der Waals surface area (Å²) in [4.78, 5) is 5.85. The zero-order valence-electron chi connectivity index (χ0n) is 15.0. The van der Waals surface area contributed by atoms with Gasteiger partial charge in [0, 0.05) is 18.0 Å². The lowest BCUT2D eigenvalue weighted by molar-refractivity contribution is 0.0497. The van der Waals surface area contributed by atoms with Crippen LogP contribution in [0.5, 0.6) is 0 Å². The normalized spacial score (nSPS) is 12.5. The molecule has 0 amide bonds. The average Bonchev–Trinajstić information content (AvgIpc) is 3.08. The second kappa shape index (κ2) is 16.1. The van der Waals surface area contributed by atoms with Crippen molar-refractivity contribution in [3.05, 3.63) is 22.4 Å². The van der Waals surface area contributed by atoms with E-state index in [0.29, 0.717) is 26.4 Å². The molecule has 1 atom stereocenters. The Bertz CT molecular complexity index is 416. The number of ether oxygens (including phenoxy) is 2. The van der Waals surface area contributed by atoms with E-state index in [9.17, 15) is 0 Å². The first-order valence-electron chi connectivity index (χ1n) is 8.51. The Labute approximate surface area is 167 Å². The Morgan fingerprint density at radius 3 is 2.58 bits per heavy atom. The van der Waals surface area contributed by atoms with E-state index < -0.39 is 0 Å². The molecule has 0 radical (unpaired) electrons. The van der Waals surface area contributed by atoms with E-state index in [-0.39, 0.29) is 30.0 Å². The van der Waals surface area contributed by atoms with Gasteiger partial charge in [-0.05, 0) is 31.7 Å². The van der Waals surface area contributed by atoms with Gasteiger partial charge in [-0.2, -0.15) is 0 Å². The van der Waals surface area contributed by atoms with Gasteiger partial charge in [0.1, 0.15) is 0 Å². The van der Waals surface area contributed by atoms with Gasteiger partial charge in [0.25, 0.3) is 0 Å². The minimum absolute atomic E-state index is 0. The van der Waals surface area contributed by atoms with Gasteiger partial charge in [-0.15, -0.1) is 35.3 Å². The van der Waals surface area contributed by atoms with Gasteiger partial charge in [-0.1, -0.05) is 19.4 Å². The van der Waals surface area contributed by atoms with Gasteiger partial charge in [0.2, 0.25) is 0 Å². The first-order chi connectivity index (χ1) is 11.3. The van der Waals surface area contributed by atoms with Crippen molar-refractivity contribution in [1.29, 1.82) is 0 Å². The average molecular weight is 469 g/mol. The molecule has 0 aliphatic carbocycles. The van der Waals surface area contributed by atoms with Gasteiger partial charge in [0.05, 0.1) is 32.4 Å². The summed E-state index contributed by atoms with van der Waals surface area (Å²) in [6.07, 6.45) is 2.28. The van der Waals surface area contributed by atoms with Crippen LogP contribution in [-0.4, -0.2) is 45.5 Å². The molecule has 7 heteroatoms. The van der Waals surface area contributed by atoms with Crippen molar-refractivity contribution in [2.24, 2.45) is 4.99 Å². The van der Waals surface area contributed by atoms with Crippen molar-refractivity contribution in [2.75, 3.05) is 39.5 Å². The molecule has 1 rings (SSSR count). The molecule has 1 aromatic heterocycles. The number of hydrogen-bond acceptors (Lipinski definition) is 4. The van der Waals surface area contributed by atoms with Crippen LogP contribution in [0.2, 0.25) is 0 Å². The molecule has 1 unspecified atom stereocenters. The van der Waals surface area contributed by atoms with Crippen LogP contribution >= 0.6 is 35.3 Å².